The average molecular weight is 413 g/mol. The second-order valence-corrected chi connectivity index (χ2v) is 6.70. The molecule has 9 heteroatoms. The van der Waals surface area contributed by atoms with Crippen LogP contribution in [0, 0.1) is 5.92 Å². The van der Waals surface area contributed by atoms with Gasteiger partial charge in [0.25, 0.3) is 0 Å². The quantitative estimate of drug-likeness (QED) is 0.811. The number of carbonyl (C=O) groups excluding carboxylic acids is 2. The number of carbonyl (C=O) groups is 2. The maximum atomic E-state index is 12.9. The second kappa shape index (κ2) is 7.71. The molecule has 28 heavy (non-hydrogen) atoms. The maximum Gasteiger partial charge on any atom is 0.416 e. The molecule has 1 aliphatic rings. The Morgan fingerprint density at radius 3 is 2.68 bits per heavy atom. The van der Waals surface area contributed by atoms with Crippen LogP contribution >= 0.6 is 11.6 Å². The van der Waals surface area contributed by atoms with E-state index in [2.05, 4.69) is 5.32 Å². The zero-order valence-corrected chi connectivity index (χ0v) is 15.5. The first-order valence-corrected chi connectivity index (χ1v) is 8.69. The van der Waals surface area contributed by atoms with Gasteiger partial charge in [-0.3, -0.25) is 9.59 Å². The van der Waals surface area contributed by atoms with Crippen molar-refractivity contribution in [1.29, 1.82) is 0 Å². The van der Waals surface area contributed by atoms with Crippen LogP contribution in [0.25, 0.3) is 0 Å². The van der Waals surface area contributed by atoms with Crippen molar-refractivity contribution in [2.24, 2.45) is 5.92 Å². The molecule has 0 unspecified atom stereocenters. The van der Waals surface area contributed by atoms with E-state index in [9.17, 15) is 22.8 Å². The number of anilines is 2. The third-order valence-electron chi connectivity index (χ3n) is 4.41. The molecule has 0 bridgehead atoms. The summed E-state index contributed by atoms with van der Waals surface area (Å²) in [6.07, 6.45) is -4.61. The molecule has 5 nitrogen and oxygen atoms in total. The van der Waals surface area contributed by atoms with Gasteiger partial charge >= 0.3 is 6.18 Å². The molecule has 2 amide bonds. The minimum atomic E-state index is -4.56. The van der Waals surface area contributed by atoms with Crippen molar-refractivity contribution in [1.82, 2.24) is 0 Å². The van der Waals surface area contributed by atoms with Crippen LogP contribution in [-0.2, 0) is 15.8 Å². The molecule has 1 N–H and O–H groups in total. The average Bonchev–Trinajstić information content (AvgIpc) is 3.04. The molecule has 1 heterocycles. The number of alkyl halides is 3. The van der Waals surface area contributed by atoms with E-state index in [4.69, 9.17) is 16.3 Å². The molecule has 3 rings (SSSR count). The standard InChI is InChI=1S/C19H16ClF3N2O3/c1-28-14-4-2-3-13(9-14)25-10-11(7-17(25)26)18(27)24-16-8-12(19(21,22)23)5-6-15(16)20/h2-6,8-9,11H,7,10H2,1H3,(H,24,27)/t11-/m0/s1. The van der Waals surface area contributed by atoms with E-state index >= 15 is 0 Å². The van der Waals surface area contributed by atoms with Gasteiger partial charge in [-0.2, -0.15) is 13.2 Å². The first-order chi connectivity index (χ1) is 13.2. The van der Waals surface area contributed by atoms with Gasteiger partial charge in [-0.1, -0.05) is 17.7 Å². The van der Waals surface area contributed by atoms with Crippen molar-refractivity contribution in [2.75, 3.05) is 23.9 Å². The van der Waals surface area contributed by atoms with Crippen LogP contribution in [0.3, 0.4) is 0 Å². The molecule has 0 aliphatic carbocycles. The van der Waals surface area contributed by atoms with Crippen LogP contribution in [0.1, 0.15) is 12.0 Å². The lowest BCUT2D eigenvalue weighted by molar-refractivity contribution is -0.137. The number of benzene rings is 2. The number of hydrogen-bond acceptors (Lipinski definition) is 3. The van der Waals surface area contributed by atoms with Crippen LogP contribution in [0.15, 0.2) is 42.5 Å². The Kier molecular flexibility index (Phi) is 5.51. The second-order valence-electron chi connectivity index (χ2n) is 6.29. The van der Waals surface area contributed by atoms with Gasteiger partial charge < -0.3 is 15.0 Å². The van der Waals surface area contributed by atoms with Crippen molar-refractivity contribution < 1.29 is 27.5 Å². The number of ether oxygens (including phenoxy) is 1. The molecule has 0 radical (unpaired) electrons. The number of methoxy groups -OCH3 is 1. The lowest BCUT2D eigenvalue weighted by Gasteiger charge is -2.18. The van der Waals surface area contributed by atoms with Gasteiger partial charge in [0.15, 0.2) is 0 Å². The number of hydrogen-bond donors (Lipinski definition) is 1. The number of nitrogens with one attached hydrogen (secondary N) is 1. The lowest BCUT2D eigenvalue weighted by atomic mass is 10.1. The summed E-state index contributed by atoms with van der Waals surface area (Å²) in [5, 5.41) is 2.39. The summed E-state index contributed by atoms with van der Waals surface area (Å²) in [6.45, 7) is 0.106. The molecule has 0 spiro atoms. The van der Waals surface area contributed by atoms with E-state index in [-0.39, 0.29) is 29.6 Å². The SMILES string of the molecule is COc1cccc(N2C[C@@H](C(=O)Nc3cc(C(F)(F)F)ccc3Cl)CC2=O)c1. The summed E-state index contributed by atoms with van der Waals surface area (Å²) in [7, 11) is 1.50. The van der Waals surface area contributed by atoms with E-state index in [0.29, 0.717) is 11.4 Å². The Bertz CT molecular complexity index is 918. The molecule has 1 aliphatic heterocycles. The summed E-state index contributed by atoms with van der Waals surface area (Å²) in [5.74, 6) is -0.984. The first kappa shape index (κ1) is 20.0. The molecule has 2 aromatic carbocycles. The topological polar surface area (TPSA) is 58.6 Å². The van der Waals surface area contributed by atoms with Crippen molar-refractivity contribution in [3.05, 3.63) is 53.1 Å². The summed E-state index contributed by atoms with van der Waals surface area (Å²) in [4.78, 5) is 26.3. The summed E-state index contributed by atoms with van der Waals surface area (Å²) < 4.78 is 43.7. The zero-order chi connectivity index (χ0) is 20.5. The normalized spacial score (nSPS) is 17.0. The highest BCUT2D eigenvalue weighted by Crippen LogP contribution is 2.34. The number of rotatable bonds is 4. The van der Waals surface area contributed by atoms with Gasteiger partial charge in [0, 0.05) is 24.7 Å². The third kappa shape index (κ3) is 4.22. The Morgan fingerprint density at radius 1 is 1.25 bits per heavy atom. The van der Waals surface area contributed by atoms with Gasteiger partial charge in [0.1, 0.15) is 5.75 Å². The van der Waals surface area contributed by atoms with Crippen LogP contribution in [-0.4, -0.2) is 25.5 Å². The molecule has 148 valence electrons. The van der Waals surface area contributed by atoms with Crippen molar-refractivity contribution in [2.45, 2.75) is 12.6 Å². The third-order valence-corrected chi connectivity index (χ3v) is 4.74. The highest BCUT2D eigenvalue weighted by molar-refractivity contribution is 6.33. The molecule has 1 fully saturated rings. The fraction of sp³-hybridized carbons (Fsp3) is 0.263. The van der Waals surface area contributed by atoms with E-state index < -0.39 is 23.6 Å². The smallest absolute Gasteiger partial charge is 0.416 e. The Hall–Kier alpha value is -2.74. The van der Waals surface area contributed by atoms with Crippen LogP contribution in [0.4, 0.5) is 24.5 Å². The van der Waals surface area contributed by atoms with Crippen LogP contribution in [0.5, 0.6) is 5.75 Å². The summed E-state index contributed by atoms with van der Waals surface area (Å²) in [6, 6.07) is 9.51. The van der Waals surface area contributed by atoms with Crippen LogP contribution in [0.2, 0.25) is 5.02 Å². The Morgan fingerprint density at radius 2 is 2.00 bits per heavy atom. The number of nitrogens with zero attached hydrogens (tertiary/aromatic N) is 1. The van der Waals surface area contributed by atoms with Gasteiger partial charge in [-0.25, -0.2) is 0 Å². The van der Waals surface area contributed by atoms with Gasteiger partial charge in [-0.05, 0) is 30.3 Å². The first-order valence-electron chi connectivity index (χ1n) is 8.31. The minimum absolute atomic E-state index is 0.0182. The fourth-order valence-corrected chi connectivity index (χ4v) is 3.11. The highest BCUT2D eigenvalue weighted by atomic mass is 35.5. The lowest BCUT2D eigenvalue weighted by Crippen LogP contribution is -2.28. The maximum absolute atomic E-state index is 12.9. The fourth-order valence-electron chi connectivity index (χ4n) is 2.94. The summed E-state index contributed by atoms with van der Waals surface area (Å²) in [5.41, 5.74) is -0.488. The molecule has 2 aromatic rings. The highest BCUT2D eigenvalue weighted by Gasteiger charge is 2.36. The van der Waals surface area contributed by atoms with Crippen molar-refractivity contribution in [3.8, 4) is 5.75 Å². The molecule has 1 saturated heterocycles. The monoisotopic (exact) mass is 412 g/mol. The number of amides is 2. The molecular weight excluding hydrogens is 397 g/mol. The van der Waals surface area contributed by atoms with Crippen LogP contribution < -0.4 is 15.0 Å². The van der Waals surface area contributed by atoms with E-state index in [1.54, 1.807) is 24.3 Å². The van der Waals surface area contributed by atoms with E-state index in [1.165, 1.54) is 12.0 Å². The predicted molar refractivity (Wildman–Crippen MR) is 98.5 cm³/mol. The molecule has 0 saturated carbocycles. The molecular formula is C19H16ClF3N2O3. The molecule has 0 aromatic heterocycles. The van der Waals surface area contributed by atoms with Crippen molar-refractivity contribution >= 4 is 34.8 Å². The van der Waals surface area contributed by atoms with Gasteiger partial charge in [-0.15, -0.1) is 0 Å². The number of halogens is 4. The zero-order valence-electron chi connectivity index (χ0n) is 14.7. The van der Waals surface area contributed by atoms with Gasteiger partial charge in [0.05, 0.1) is 29.3 Å². The summed E-state index contributed by atoms with van der Waals surface area (Å²) >= 11 is 5.91. The van der Waals surface area contributed by atoms with E-state index in [0.717, 1.165) is 18.2 Å². The largest absolute Gasteiger partial charge is 0.497 e. The van der Waals surface area contributed by atoms with E-state index in [1.807, 2.05) is 0 Å². The Labute approximate surface area is 164 Å². The van der Waals surface area contributed by atoms with Gasteiger partial charge in [0.2, 0.25) is 11.8 Å². The molecule has 1 atom stereocenters. The minimum Gasteiger partial charge on any atom is -0.497 e. The Balaban J connectivity index is 1.75. The van der Waals surface area contributed by atoms with Crippen molar-refractivity contribution in [3.63, 3.8) is 0 Å². The predicted octanol–water partition coefficient (Wildman–Crippen LogP) is 4.36.